The van der Waals surface area contributed by atoms with Gasteiger partial charge in [-0.2, -0.15) is 0 Å². The molecule has 4 rings (SSSR count). The van der Waals surface area contributed by atoms with Crippen LogP contribution in [0.15, 0.2) is 77.7 Å². The normalized spacial score (nSPS) is 13.7. The predicted molar refractivity (Wildman–Crippen MR) is 129 cm³/mol. The Balaban J connectivity index is 1.81. The monoisotopic (exact) mass is 484 g/mol. The van der Waals surface area contributed by atoms with Gasteiger partial charge in [-0.05, 0) is 48.7 Å². The summed E-state index contributed by atoms with van der Waals surface area (Å²) < 4.78 is 34.7. The van der Waals surface area contributed by atoms with E-state index in [-0.39, 0.29) is 22.4 Å². The van der Waals surface area contributed by atoms with Gasteiger partial charge in [0.15, 0.2) is 0 Å². The number of hydrogen-bond acceptors (Lipinski definition) is 4. The summed E-state index contributed by atoms with van der Waals surface area (Å²) in [5.74, 6) is 0.227. The minimum Gasteiger partial charge on any atom is -0.495 e. The summed E-state index contributed by atoms with van der Waals surface area (Å²) in [6.45, 7) is 1.42. The second-order valence-corrected chi connectivity index (χ2v) is 10.1. The fourth-order valence-corrected chi connectivity index (χ4v) is 5.91. The van der Waals surface area contributed by atoms with Crippen molar-refractivity contribution in [2.45, 2.75) is 24.3 Å². The number of nitrogens with zero attached hydrogens (tertiary/aromatic N) is 2. The fourth-order valence-electron chi connectivity index (χ4n) is 3.94. The highest BCUT2D eigenvalue weighted by Gasteiger charge is 2.31. The van der Waals surface area contributed by atoms with E-state index in [1.165, 1.54) is 23.5 Å². The van der Waals surface area contributed by atoms with E-state index >= 15 is 0 Å². The van der Waals surface area contributed by atoms with Gasteiger partial charge in [-0.15, -0.1) is 0 Å². The zero-order chi connectivity index (χ0) is 23.4. The number of anilines is 1. The first kappa shape index (κ1) is 23.1. The van der Waals surface area contributed by atoms with Crippen LogP contribution in [0.2, 0.25) is 5.02 Å². The van der Waals surface area contributed by atoms with Crippen LogP contribution >= 0.6 is 11.6 Å². The first-order valence-electron chi connectivity index (χ1n) is 10.7. The van der Waals surface area contributed by atoms with Crippen LogP contribution in [-0.4, -0.2) is 39.4 Å². The average Bonchev–Trinajstić information content (AvgIpc) is 3.38. The first-order chi connectivity index (χ1) is 15.9. The number of sulfonamides is 1. The number of carbonyl (C=O) groups is 1. The molecular weight excluding hydrogens is 460 g/mol. The largest absolute Gasteiger partial charge is 0.495 e. The Bertz CT molecular complexity index is 1240. The molecule has 3 aromatic rings. The van der Waals surface area contributed by atoms with Gasteiger partial charge in [0, 0.05) is 18.7 Å². The average molecular weight is 485 g/mol. The molecule has 172 valence electrons. The maximum atomic E-state index is 14.0. The lowest BCUT2D eigenvalue weighted by Crippen LogP contribution is -2.32. The molecule has 0 spiro atoms. The summed E-state index contributed by atoms with van der Waals surface area (Å²) in [6.07, 6.45) is 1.90. The van der Waals surface area contributed by atoms with Crippen molar-refractivity contribution in [2.24, 2.45) is 0 Å². The molecule has 0 radical (unpaired) electrons. The second-order valence-electron chi connectivity index (χ2n) is 7.81. The van der Waals surface area contributed by atoms with Crippen LogP contribution in [0.4, 0.5) is 5.69 Å². The Morgan fingerprint density at radius 3 is 2.36 bits per heavy atom. The summed E-state index contributed by atoms with van der Waals surface area (Å²) in [7, 11) is -2.65. The minimum absolute atomic E-state index is 0.0564. The number of likely N-dealkylation sites (tertiary alicyclic amines) is 1. The molecule has 0 N–H and O–H groups in total. The number of carbonyl (C=O) groups excluding carboxylic acids is 1. The predicted octanol–water partition coefficient (Wildman–Crippen LogP) is 4.98. The van der Waals surface area contributed by atoms with Gasteiger partial charge in [-0.25, -0.2) is 8.42 Å². The van der Waals surface area contributed by atoms with E-state index in [0.717, 1.165) is 18.4 Å². The Hall–Kier alpha value is -3.03. The lowest BCUT2D eigenvalue weighted by atomic mass is 10.2. The standard InChI is InChI=1S/C25H25ClN2O4S/c1-32-23-12-6-5-11-22(23)28(18-19-9-3-2-4-10-19)33(30,31)24-17-20(13-14-21(24)26)25(29)27-15-7-8-16-27/h2-6,9-14,17H,7-8,15-16,18H2,1H3. The lowest BCUT2D eigenvalue weighted by molar-refractivity contribution is 0.0792. The number of amides is 1. The van der Waals surface area contributed by atoms with E-state index in [0.29, 0.717) is 30.1 Å². The Kier molecular flexibility index (Phi) is 6.91. The van der Waals surface area contributed by atoms with E-state index in [1.54, 1.807) is 35.2 Å². The van der Waals surface area contributed by atoms with Crippen molar-refractivity contribution in [1.29, 1.82) is 0 Å². The highest BCUT2D eigenvalue weighted by Crippen LogP contribution is 2.36. The van der Waals surface area contributed by atoms with Crippen molar-refractivity contribution in [3.63, 3.8) is 0 Å². The maximum absolute atomic E-state index is 14.0. The topological polar surface area (TPSA) is 66.9 Å². The Morgan fingerprint density at radius 2 is 1.67 bits per heavy atom. The molecule has 0 aromatic heterocycles. The van der Waals surface area contributed by atoms with E-state index in [4.69, 9.17) is 16.3 Å². The van der Waals surface area contributed by atoms with Crippen LogP contribution in [0.5, 0.6) is 5.75 Å². The molecule has 6 nitrogen and oxygen atoms in total. The summed E-state index contributed by atoms with van der Waals surface area (Å²) in [6, 6.07) is 20.6. The number of para-hydroxylation sites is 2. The van der Waals surface area contributed by atoms with Gasteiger partial charge in [0.25, 0.3) is 15.9 Å². The molecule has 1 aliphatic rings. The number of ether oxygens (including phenoxy) is 1. The SMILES string of the molecule is COc1ccccc1N(Cc1ccccc1)S(=O)(=O)c1cc(C(=O)N2CCCC2)ccc1Cl. The molecular formula is C25H25ClN2O4S. The maximum Gasteiger partial charge on any atom is 0.266 e. The molecule has 1 amide bonds. The van der Waals surface area contributed by atoms with E-state index in [2.05, 4.69) is 0 Å². The summed E-state index contributed by atoms with van der Waals surface area (Å²) in [5.41, 5.74) is 1.49. The Labute approximate surface area is 199 Å². The molecule has 1 aliphatic heterocycles. The molecule has 3 aromatic carbocycles. The van der Waals surface area contributed by atoms with Crippen LogP contribution in [0.1, 0.15) is 28.8 Å². The third-order valence-electron chi connectivity index (χ3n) is 5.66. The van der Waals surface area contributed by atoms with E-state index in [1.807, 2.05) is 30.3 Å². The zero-order valence-electron chi connectivity index (χ0n) is 18.3. The number of hydrogen-bond donors (Lipinski definition) is 0. The molecule has 1 saturated heterocycles. The highest BCUT2D eigenvalue weighted by molar-refractivity contribution is 7.93. The third-order valence-corrected chi connectivity index (χ3v) is 7.90. The molecule has 33 heavy (non-hydrogen) atoms. The summed E-state index contributed by atoms with van der Waals surface area (Å²) in [5, 5.41) is 0.0564. The number of rotatable bonds is 7. The van der Waals surface area contributed by atoms with E-state index in [9.17, 15) is 13.2 Å². The van der Waals surface area contributed by atoms with Gasteiger partial charge < -0.3 is 9.64 Å². The van der Waals surface area contributed by atoms with Crippen LogP contribution < -0.4 is 9.04 Å². The smallest absolute Gasteiger partial charge is 0.266 e. The van der Waals surface area contributed by atoms with Gasteiger partial charge in [0.1, 0.15) is 10.6 Å². The number of methoxy groups -OCH3 is 1. The Morgan fingerprint density at radius 1 is 1.00 bits per heavy atom. The quantitative estimate of drug-likeness (QED) is 0.474. The molecule has 0 bridgehead atoms. The van der Waals surface area contributed by atoms with Crippen molar-refractivity contribution >= 4 is 33.2 Å². The van der Waals surface area contributed by atoms with Crippen molar-refractivity contribution in [3.05, 3.63) is 88.9 Å². The van der Waals surface area contributed by atoms with E-state index < -0.39 is 10.0 Å². The first-order valence-corrected chi connectivity index (χ1v) is 12.5. The van der Waals surface area contributed by atoms with Gasteiger partial charge in [-0.1, -0.05) is 54.1 Å². The molecule has 0 aliphatic carbocycles. The molecule has 0 unspecified atom stereocenters. The summed E-state index contributed by atoms with van der Waals surface area (Å²) >= 11 is 6.39. The van der Waals surface area contributed by atoms with Crippen LogP contribution in [0.3, 0.4) is 0 Å². The van der Waals surface area contributed by atoms with Gasteiger partial charge in [0.2, 0.25) is 0 Å². The molecule has 1 fully saturated rings. The summed E-state index contributed by atoms with van der Waals surface area (Å²) in [4.78, 5) is 14.5. The van der Waals surface area contributed by atoms with Gasteiger partial charge in [0.05, 0.1) is 24.4 Å². The van der Waals surface area contributed by atoms with Gasteiger partial charge >= 0.3 is 0 Å². The highest BCUT2D eigenvalue weighted by atomic mass is 35.5. The lowest BCUT2D eigenvalue weighted by Gasteiger charge is -2.27. The third kappa shape index (κ3) is 4.84. The second kappa shape index (κ2) is 9.85. The zero-order valence-corrected chi connectivity index (χ0v) is 19.8. The number of benzene rings is 3. The molecule has 8 heteroatoms. The van der Waals surface area contributed by atoms with Crippen molar-refractivity contribution in [2.75, 3.05) is 24.5 Å². The van der Waals surface area contributed by atoms with Crippen LogP contribution in [0.25, 0.3) is 0 Å². The number of halogens is 1. The molecule has 0 saturated carbocycles. The fraction of sp³-hybridized carbons (Fsp3) is 0.240. The van der Waals surface area contributed by atoms with Crippen LogP contribution in [-0.2, 0) is 16.6 Å². The van der Waals surface area contributed by atoms with Crippen molar-refractivity contribution in [1.82, 2.24) is 4.90 Å². The molecule has 0 atom stereocenters. The van der Waals surface area contributed by atoms with Crippen molar-refractivity contribution < 1.29 is 17.9 Å². The van der Waals surface area contributed by atoms with Crippen LogP contribution in [0, 0.1) is 0 Å². The van der Waals surface area contributed by atoms with Crippen molar-refractivity contribution in [3.8, 4) is 5.75 Å². The van der Waals surface area contributed by atoms with Gasteiger partial charge in [-0.3, -0.25) is 9.10 Å². The molecule has 1 heterocycles. The minimum atomic E-state index is -4.14.